The minimum Gasteiger partial charge on any atom is -0.496 e. The fourth-order valence-electron chi connectivity index (χ4n) is 2.39. The Labute approximate surface area is 158 Å². The average Bonchev–Trinajstić information content (AvgIpc) is 2.88. The number of halogens is 4. The van der Waals surface area contributed by atoms with Gasteiger partial charge in [-0.2, -0.15) is 8.78 Å². The Balaban J connectivity index is 2.17. The SMILES string of the molecule is CCN1C(=O)/C(=C\c2ccc(OC)c(COCC(F)(F)C(F)F)c2)NC1=S. The van der Waals surface area contributed by atoms with Crippen LogP contribution in [-0.4, -0.2) is 48.5 Å². The first-order valence-corrected chi connectivity index (χ1v) is 8.35. The number of rotatable bonds is 8. The van der Waals surface area contributed by atoms with Crippen molar-refractivity contribution in [1.82, 2.24) is 10.2 Å². The van der Waals surface area contributed by atoms with Crippen LogP contribution in [0.15, 0.2) is 23.9 Å². The van der Waals surface area contributed by atoms with E-state index in [4.69, 9.17) is 21.7 Å². The molecule has 0 radical (unpaired) electrons. The molecule has 2 rings (SSSR count). The second kappa shape index (κ2) is 8.66. The lowest BCUT2D eigenvalue weighted by Gasteiger charge is -2.16. The topological polar surface area (TPSA) is 50.8 Å². The number of carbonyl (C=O) groups excluding carboxylic acids is 1. The lowest BCUT2D eigenvalue weighted by molar-refractivity contribution is -0.168. The van der Waals surface area contributed by atoms with Crippen LogP contribution in [0.4, 0.5) is 17.6 Å². The van der Waals surface area contributed by atoms with Gasteiger partial charge in [0.15, 0.2) is 5.11 Å². The van der Waals surface area contributed by atoms with Crippen LogP contribution in [0.3, 0.4) is 0 Å². The standard InChI is InChI=1S/C17H18F4N2O3S/c1-3-23-14(24)12(22-16(23)27)7-10-4-5-13(25-2)11(6-10)8-26-9-17(20,21)15(18)19/h4-7,15H,3,8-9H2,1-2H3,(H,22,27)/b12-7+. The second-order valence-corrected chi connectivity index (χ2v) is 6.05. The first kappa shape index (κ1) is 21.1. The van der Waals surface area contributed by atoms with Crippen molar-refractivity contribution in [3.8, 4) is 5.75 Å². The zero-order valence-corrected chi connectivity index (χ0v) is 15.4. The van der Waals surface area contributed by atoms with Crippen LogP contribution in [0, 0.1) is 0 Å². The smallest absolute Gasteiger partial charge is 0.330 e. The Bertz CT molecular complexity index is 756. The van der Waals surface area contributed by atoms with Crippen molar-refractivity contribution in [3.05, 3.63) is 35.0 Å². The number of benzene rings is 1. The number of likely N-dealkylation sites (N-methyl/N-ethyl adjacent to an activating group) is 1. The van der Waals surface area contributed by atoms with E-state index in [2.05, 4.69) is 5.32 Å². The third kappa shape index (κ3) is 4.95. The number of methoxy groups -OCH3 is 1. The fourth-order valence-corrected chi connectivity index (χ4v) is 2.71. The Morgan fingerprint density at radius 2 is 2.07 bits per heavy atom. The quantitative estimate of drug-likeness (QED) is 0.408. The van der Waals surface area contributed by atoms with Gasteiger partial charge in [0.1, 0.15) is 18.1 Å². The zero-order chi connectivity index (χ0) is 20.2. The maximum atomic E-state index is 13.0. The Morgan fingerprint density at radius 1 is 1.37 bits per heavy atom. The van der Waals surface area contributed by atoms with Crippen molar-refractivity contribution < 1.29 is 31.8 Å². The molecule has 1 N–H and O–H groups in total. The molecule has 1 aliphatic rings. The van der Waals surface area contributed by atoms with E-state index in [9.17, 15) is 22.4 Å². The normalized spacial score (nSPS) is 16.4. The summed E-state index contributed by atoms with van der Waals surface area (Å²) >= 11 is 5.07. The van der Waals surface area contributed by atoms with Crippen molar-refractivity contribution in [3.63, 3.8) is 0 Å². The molecule has 148 valence electrons. The minimum absolute atomic E-state index is 0.267. The lowest BCUT2D eigenvalue weighted by atomic mass is 10.1. The third-order valence-corrected chi connectivity index (χ3v) is 4.09. The molecular formula is C17H18F4N2O3S. The molecular weight excluding hydrogens is 388 g/mol. The monoisotopic (exact) mass is 406 g/mol. The molecule has 5 nitrogen and oxygen atoms in total. The van der Waals surface area contributed by atoms with Gasteiger partial charge in [-0.1, -0.05) is 6.07 Å². The van der Waals surface area contributed by atoms with E-state index in [0.717, 1.165) is 0 Å². The van der Waals surface area contributed by atoms with Crippen molar-refractivity contribution in [2.45, 2.75) is 25.9 Å². The third-order valence-electron chi connectivity index (χ3n) is 3.77. The number of ether oxygens (including phenoxy) is 2. The predicted molar refractivity (Wildman–Crippen MR) is 94.7 cm³/mol. The van der Waals surface area contributed by atoms with Gasteiger partial charge in [-0.3, -0.25) is 9.69 Å². The predicted octanol–water partition coefficient (Wildman–Crippen LogP) is 3.19. The summed E-state index contributed by atoms with van der Waals surface area (Å²) in [5, 5.41) is 3.09. The number of hydrogen-bond acceptors (Lipinski definition) is 4. The van der Waals surface area contributed by atoms with Gasteiger partial charge >= 0.3 is 12.3 Å². The maximum absolute atomic E-state index is 13.0. The molecule has 0 aliphatic carbocycles. The summed E-state index contributed by atoms with van der Waals surface area (Å²) in [5.41, 5.74) is 1.20. The second-order valence-electron chi connectivity index (χ2n) is 5.66. The van der Waals surface area contributed by atoms with E-state index in [1.165, 1.54) is 12.0 Å². The first-order valence-electron chi connectivity index (χ1n) is 7.94. The van der Waals surface area contributed by atoms with Crippen LogP contribution in [0.25, 0.3) is 6.08 Å². The van der Waals surface area contributed by atoms with Gasteiger partial charge in [0.2, 0.25) is 0 Å². The van der Waals surface area contributed by atoms with E-state index >= 15 is 0 Å². The van der Waals surface area contributed by atoms with Gasteiger partial charge in [-0.05, 0) is 42.9 Å². The molecule has 1 amide bonds. The Morgan fingerprint density at radius 3 is 2.63 bits per heavy atom. The molecule has 0 unspecified atom stereocenters. The summed E-state index contributed by atoms with van der Waals surface area (Å²) in [4.78, 5) is 13.6. The van der Waals surface area contributed by atoms with Gasteiger partial charge in [-0.15, -0.1) is 0 Å². The number of alkyl halides is 4. The van der Waals surface area contributed by atoms with Crippen LogP contribution in [0.5, 0.6) is 5.75 Å². The number of nitrogens with zero attached hydrogens (tertiary/aromatic N) is 1. The van der Waals surface area contributed by atoms with E-state index in [0.29, 0.717) is 28.5 Å². The Kier molecular flexibility index (Phi) is 6.77. The van der Waals surface area contributed by atoms with E-state index < -0.39 is 19.0 Å². The summed E-state index contributed by atoms with van der Waals surface area (Å²) in [7, 11) is 1.38. The van der Waals surface area contributed by atoms with Crippen LogP contribution in [-0.2, 0) is 16.1 Å². The van der Waals surface area contributed by atoms with Crippen LogP contribution in [0.1, 0.15) is 18.1 Å². The molecule has 0 saturated carbocycles. The van der Waals surface area contributed by atoms with E-state index in [1.807, 2.05) is 0 Å². The molecule has 27 heavy (non-hydrogen) atoms. The highest BCUT2D eigenvalue weighted by atomic mass is 32.1. The summed E-state index contributed by atoms with van der Waals surface area (Å²) in [6.07, 6.45) is -2.26. The van der Waals surface area contributed by atoms with Gasteiger partial charge in [0.05, 0.1) is 13.7 Å². The van der Waals surface area contributed by atoms with Crippen LogP contribution in [0.2, 0.25) is 0 Å². The summed E-state index contributed by atoms with van der Waals surface area (Å²) in [6.45, 7) is 0.428. The number of thiocarbonyl (C=S) groups is 1. The molecule has 1 fully saturated rings. The van der Waals surface area contributed by atoms with E-state index in [1.54, 1.807) is 31.2 Å². The van der Waals surface area contributed by atoms with Crippen LogP contribution < -0.4 is 10.1 Å². The molecule has 10 heteroatoms. The van der Waals surface area contributed by atoms with Gasteiger partial charge in [0, 0.05) is 12.1 Å². The maximum Gasteiger partial charge on any atom is 0.330 e. The lowest BCUT2D eigenvalue weighted by Crippen LogP contribution is -2.32. The molecule has 0 bridgehead atoms. The molecule has 1 saturated heterocycles. The summed E-state index contributed by atoms with van der Waals surface area (Å²) < 4.78 is 60.2. The average molecular weight is 406 g/mol. The molecule has 1 aromatic rings. The first-order chi connectivity index (χ1) is 12.7. The highest BCUT2D eigenvalue weighted by molar-refractivity contribution is 7.80. The number of amides is 1. The number of nitrogens with one attached hydrogen (secondary N) is 1. The highest BCUT2D eigenvalue weighted by Gasteiger charge is 2.41. The molecule has 1 heterocycles. The summed E-state index contributed by atoms with van der Waals surface area (Å²) in [5.74, 6) is -4.17. The number of hydrogen-bond donors (Lipinski definition) is 1. The van der Waals surface area contributed by atoms with Crippen molar-refractivity contribution in [2.24, 2.45) is 0 Å². The largest absolute Gasteiger partial charge is 0.496 e. The highest BCUT2D eigenvalue weighted by Crippen LogP contribution is 2.26. The zero-order valence-electron chi connectivity index (χ0n) is 14.6. The molecule has 0 aromatic heterocycles. The van der Waals surface area contributed by atoms with Gasteiger partial charge in [0.25, 0.3) is 5.91 Å². The summed E-state index contributed by atoms with van der Waals surface area (Å²) in [6, 6.07) is 4.76. The number of carbonyl (C=O) groups is 1. The Hall–Kier alpha value is -2.20. The van der Waals surface area contributed by atoms with Crippen molar-refractivity contribution >= 4 is 29.3 Å². The molecule has 0 atom stereocenters. The molecule has 1 aliphatic heterocycles. The molecule has 1 aromatic carbocycles. The van der Waals surface area contributed by atoms with Crippen molar-refractivity contribution in [1.29, 1.82) is 0 Å². The minimum atomic E-state index is -4.23. The van der Waals surface area contributed by atoms with Gasteiger partial charge < -0.3 is 14.8 Å². The molecule has 0 spiro atoms. The van der Waals surface area contributed by atoms with E-state index in [-0.39, 0.29) is 18.2 Å². The van der Waals surface area contributed by atoms with Crippen molar-refractivity contribution in [2.75, 3.05) is 20.3 Å². The van der Waals surface area contributed by atoms with Crippen LogP contribution >= 0.6 is 12.2 Å². The fraction of sp³-hybridized carbons (Fsp3) is 0.412. The van der Waals surface area contributed by atoms with Gasteiger partial charge in [-0.25, -0.2) is 8.78 Å².